The molecule has 2 atom stereocenters. The van der Waals surface area contributed by atoms with Crippen LogP contribution in [0.1, 0.15) is 44.6 Å². The van der Waals surface area contributed by atoms with Crippen LogP contribution in [0.25, 0.3) is 0 Å². The van der Waals surface area contributed by atoms with Crippen LogP contribution in [0.3, 0.4) is 0 Å². The SMILES string of the molecule is [2H]C(C)(C(=O)O)c1ccc(CC([2H])(C)C([2H])([2H])[2H])cc1. The maximum absolute atomic E-state index is 11.0. The van der Waals surface area contributed by atoms with Crippen LogP contribution in [0.15, 0.2) is 24.3 Å². The first-order chi connectivity index (χ1) is 8.88. The van der Waals surface area contributed by atoms with Gasteiger partial charge in [0.25, 0.3) is 0 Å². The molecule has 2 unspecified atom stereocenters. The van der Waals surface area contributed by atoms with Crippen molar-refractivity contribution in [1.29, 1.82) is 0 Å². The van der Waals surface area contributed by atoms with Crippen LogP contribution in [0.4, 0.5) is 0 Å². The third kappa shape index (κ3) is 3.39. The second kappa shape index (κ2) is 4.96. The fourth-order valence-corrected chi connectivity index (χ4v) is 1.30. The number of carbonyl (C=O) groups is 1. The lowest BCUT2D eigenvalue weighted by Gasteiger charge is -2.09. The summed E-state index contributed by atoms with van der Waals surface area (Å²) in [6.45, 7) is 0.234. The van der Waals surface area contributed by atoms with Gasteiger partial charge in [0.2, 0.25) is 0 Å². The number of hydrogen-bond acceptors (Lipinski definition) is 1. The Balaban J connectivity index is 2.97. The minimum absolute atomic E-state index is 0.0333. The van der Waals surface area contributed by atoms with Crippen molar-refractivity contribution in [3.63, 3.8) is 0 Å². The van der Waals surface area contributed by atoms with Crippen LogP contribution in [-0.4, -0.2) is 11.1 Å². The molecule has 0 saturated carbocycles. The molecule has 2 nitrogen and oxygen atoms in total. The van der Waals surface area contributed by atoms with Crippen molar-refractivity contribution in [2.45, 2.75) is 33.0 Å². The largest absolute Gasteiger partial charge is 0.481 e. The van der Waals surface area contributed by atoms with Crippen LogP contribution in [-0.2, 0) is 11.2 Å². The lowest BCUT2D eigenvalue weighted by molar-refractivity contribution is -0.138. The van der Waals surface area contributed by atoms with E-state index < -0.39 is 24.6 Å². The highest BCUT2D eigenvalue weighted by atomic mass is 16.4. The fourth-order valence-electron chi connectivity index (χ4n) is 1.30. The van der Waals surface area contributed by atoms with E-state index in [9.17, 15) is 4.79 Å². The van der Waals surface area contributed by atoms with E-state index in [0.717, 1.165) is 0 Å². The van der Waals surface area contributed by atoms with Crippen molar-refractivity contribution in [2.75, 3.05) is 0 Å². The molecule has 0 radical (unpaired) electrons. The molecule has 0 aromatic heterocycles. The van der Waals surface area contributed by atoms with Crippen LogP contribution in [0.5, 0.6) is 0 Å². The van der Waals surface area contributed by atoms with Gasteiger partial charge in [0, 0.05) is 6.85 Å². The van der Waals surface area contributed by atoms with E-state index in [0.29, 0.717) is 11.1 Å². The molecule has 0 aliphatic carbocycles. The van der Waals surface area contributed by atoms with Gasteiger partial charge in [-0.05, 0) is 30.4 Å². The van der Waals surface area contributed by atoms with Gasteiger partial charge in [0.15, 0.2) is 0 Å². The van der Waals surface area contributed by atoms with Crippen LogP contribution >= 0.6 is 0 Å². The minimum Gasteiger partial charge on any atom is -0.481 e. The Morgan fingerprint density at radius 2 is 2.07 bits per heavy atom. The third-order valence-electron chi connectivity index (χ3n) is 2.18. The van der Waals surface area contributed by atoms with Crippen molar-refractivity contribution in [2.24, 2.45) is 5.89 Å². The molecule has 82 valence electrons. The summed E-state index contributed by atoms with van der Waals surface area (Å²) >= 11 is 0. The Morgan fingerprint density at radius 3 is 2.53 bits per heavy atom. The molecule has 0 spiro atoms. The predicted octanol–water partition coefficient (Wildman–Crippen LogP) is 3.07. The second-order valence-electron chi connectivity index (χ2n) is 3.58. The average molecular weight is 211 g/mol. The molecule has 1 N–H and O–H groups in total. The molecule has 1 rings (SSSR count). The Hall–Kier alpha value is -1.31. The number of rotatable bonds is 4. The van der Waals surface area contributed by atoms with Gasteiger partial charge < -0.3 is 5.11 Å². The van der Waals surface area contributed by atoms with E-state index in [1.165, 1.54) is 26.0 Å². The fraction of sp³-hybridized carbons (Fsp3) is 0.462. The van der Waals surface area contributed by atoms with Gasteiger partial charge in [0.1, 0.15) is 0 Å². The summed E-state index contributed by atoms with van der Waals surface area (Å²) in [7, 11) is 0. The summed E-state index contributed by atoms with van der Waals surface area (Å²) in [5, 5.41) is 8.97. The normalized spacial score (nSPS) is 24.5. The Labute approximate surface area is 98.0 Å². The van der Waals surface area contributed by atoms with Gasteiger partial charge >= 0.3 is 5.97 Å². The highest BCUT2D eigenvalue weighted by molar-refractivity contribution is 5.75. The quantitative estimate of drug-likeness (QED) is 0.831. The molecule has 2 heteroatoms. The first-order valence-corrected chi connectivity index (χ1v) is 4.71. The molecule has 0 aliphatic rings. The summed E-state index contributed by atoms with van der Waals surface area (Å²) in [5.74, 6) is -4.60. The van der Waals surface area contributed by atoms with Gasteiger partial charge in [-0.25, -0.2) is 0 Å². The molecule has 0 fully saturated rings. The number of carboxylic acids is 1. The second-order valence-corrected chi connectivity index (χ2v) is 3.58. The summed E-state index contributed by atoms with van der Waals surface area (Å²) in [6, 6.07) is 6.13. The number of hydrogen-bond donors (Lipinski definition) is 1. The van der Waals surface area contributed by atoms with Crippen molar-refractivity contribution < 1.29 is 16.8 Å². The number of carboxylic acid groups (broad SMARTS) is 1. The van der Waals surface area contributed by atoms with Gasteiger partial charge in [-0.1, -0.05) is 38.0 Å². The summed E-state index contributed by atoms with van der Waals surface area (Å²) in [6.07, 6.45) is 0.0333. The first kappa shape index (κ1) is 6.31. The van der Waals surface area contributed by atoms with Crippen molar-refractivity contribution >= 4 is 5.97 Å². The van der Waals surface area contributed by atoms with E-state index in [-0.39, 0.29) is 6.42 Å². The molecular weight excluding hydrogens is 188 g/mol. The van der Waals surface area contributed by atoms with Crippen LogP contribution < -0.4 is 0 Å². The number of benzene rings is 1. The summed E-state index contributed by atoms with van der Waals surface area (Å²) < 4.78 is 37.6. The molecule has 1 aromatic carbocycles. The molecule has 0 aliphatic heterocycles. The Morgan fingerprint density at radius 1 is 1.47 bits per heavy atom. The average Bonchev–Trinajstić information content (AvgIpc) is 2.27. The number of aliphatic carboxylic acids is 1. The van der Waals surface area contributed by atoms with Gasteiger partial charge in [-0.15, -0.1) is 0 Å². The zero-order valence-corrected chi connectivity index (χ0v) is 8.87. The minimum atomic E-state index is -2.39. The topological polar surface area (TPSA) is 37.3 Å². The highest BCUT2D eigenvalue weighted by Crippen LogP contribution is 2.17. The Kier molecular flexibility index (Phi) is 2.09. The molecule has 0 saturated heterocycles. The van der Waals surface area contributed by atoms with E-state index >= 15 is 0 Å². The van der Waals surface area contributed by atoms with E-state index in [4.69, 9.17) is 12.0 Å². The smallest absolute Gasteiger partial charge is 0.310 e. The molecule has 1 aromatic rings. The van der Waals surface area contributed by atoms with Crippen molar-refractivity contribution in [1.82, 2.24) is 0 Å². The van der Waals surface area contributed by atoms with Crippen LogP contribution in [0.2, 0.25) is 0 Å². The van der Waals surface area contributed by atoms with E-state index in [1.54, 1.807) is 12.1 Å². The highest BCUT2D eigenvalue weighted by Gasteiger charge is 2.12. The maximum atomic E-state index is 11.0. The van der Waals surface area contributed by atoms with Gasteiger partial charge in [-0.2, -0.15) is 0 Å². The van der Waals surface area contributed by atoms with E-state index in [2.05, 4.69) is 0 Å². The van der Waals surface area contributed by atoms with Gasteiger partial charge in [-0.3, -0.25) is 4.79 Å². The van der Waals surface area contributed by atoms with Crippen molar-refractivity contribution in [3.8, 4) is 0 Å². The molecule has 0 amide bonds. The lowest BCUT2D eigenvalue weighted by atomic mass is 9.97. The summed E-state index contributed by atoms with van der Waals surface area (Å²) in [4.78, 5) is 11.0. The van der Waals surface area contributed by atoms with Crippen molar-refractivity contribution in [3.05, 3.63) is 35.4 Å². The lowest BCUT2D eigenvalue weighted by Crippen LogP contribution is -2.07. The Bertz CT molecular complexity index is 488. The summed E-state index contributed by atoms with van der Waals surface area (Å²) in [5.41, 5.74) is 0.942. The zero-order chi connectivity index (χ0) is 15.8. The molecule has 0 heterocycles. The first-order valence-electron chi connectivity index (χ1n) is 7.21. The molecule has 15 heavy (non-hydrogen) atoms. The van der Waals surface area contributed by atoms with Crippen LogP contribution in [0, 0.1) is 5.89 Å². The monoisotopic (exact) mass is 211 g/mol. The maximum Gasteiger partial charge on any atom is 0.310 e. The van der Waals surface area contributed by atoms with Gasteiger partial charge in [0.05, 0.1) is 5.89 Å². The molecule has 0 bridgehead atoms. The predicted molar refractivity (Wildman–Crippen MR) is 61.0 cm³/mol. The molecular formula is C13H18O2. The third-order valence-corrected chi connectivity index (χ3v) is 2.18. The standard InChI is InChI=1S/C13H18O2/c1-9(2)8-11-4-6-12(7-5-11)10(3)13(14)15/h4-7,9-10H,8H2,1-3H3,(H,14,15)/i1D3,9D,10D. The zero-order valence-electron chi connectivity index (χ0n) is 13.9. The van der Waals surface area contributed by atoms with E-state index in [1.807, 2.05) is 0 Å².